The predicted octanol–water partition coefficient (Wildman–Crippen LogP) is 3.78. The van der Waals surface area contributed by atoms with Gasteiger partial charge in [-0.05, 0) is 23.6 Å². The van der Waals surface area contributed by atoms with Gasteiger partial charge in [0.1, 0.15) is 21.4 Å². The average Bonchev–Trinajstić information content (AvgIpc) is 2.87. The molecule has 1 heterocycles. The van der Waals surface area contributed by atoms with Crippen LogP contribution < -0.4 is 9.47 Å². The fraction of sp³-hybridized carbons (Fsp3) is 0.154. The van der Waals surface area contributed by atoms with Crippen LogP contribution in [0.2, 0.25) is 5.02 Å². The lowest BCUT2D eigenvalue weighted by atomic mass is 10.0. The molecule has 4 nitrogen and oxygen atoms in total. The molecule has 1 aromatic carbocycles. The van der Waals surface area contributed by atoms with Gasteiger partial charge in [0, 0.05) is 11.1 Å². The quantitative estimate of drug-likeness (QED) is 0.933. The van der Waals surface area contributed by atoms with Crippen LogP contribution in [0.4, 0.5) is 0 Å². The van der Waals surface area contributed by atoms with Crippen molar-refractivity contribution in [1.82, 2.24) is 0 Å². The van der Waals surface area contributed by atoms with E-state index in [-0.39, 0.29) is 4.88 Å². The van der Waals surface area contributed by atoms with E-state index in [1.165, 1.54) is 14.2 Å². The zero-order valence-corrected chi connectivity index (χ0v) is 11.8. The summed E-state index contributed by atoms with van der Waals surface area (Å²) in [5.41, 5.74) is 1.21. The Bertz CT molecular complexity index is 621. The first-order valence-corrected chi connectivity index (χ1v) is 6.57. The molecule has 0 aliphatic rings. The monoisotopic (exact) mass is 298 g/mol. The van der Waals surface area contributed by atoms with Gasteiger partial charge < -0.3 is 14.6 Å². The maximum absolute atomic E-state index is 11.2. The largest absolute Gasteiger partial charge is 0.495 e. The summed E-state index contributed by atoms with van der Waals surface area (Å²) in [7, 11) is 2.99. The lowest BCUT2D eigenvalue weighted by molar-refractivity contribution is 0.0703. The first kappa shape index (κ1) is 13.7. The topological polar surface area (TPSA) is 55.8 Å². The number of carboxylic acids is 1. The highest BCUT2D eigenvalue weighted by Gasteiger charge is 2.20. The zero-order chi connectivity index (χ0) is 14.0. The fourth-order valence-electron chi connectivity index (χ4n) is 1.79. The molecular formula is C13H11ClO4S. The molecule has 1 aromatic heterocycles. The average molecular weight is 299 g/mol. The number of ether oxygens (including phenoxy) is 2. The summed E-state index contributed by atoms with van der Waals surface area (Å²) in [6, 6.07) is 5.15. The summed E-state index contributed by atoms with van der Waals surface area (Å²) in [6.07, 6.45) is 0. The normalized spacial score (nSPS) is 10.3. The van der Waals surface area contributed by atoms with E-state index in [1.54, 1.807) is 23.6 Å². The third-order valence-electron chi connectivity index (χ3n) is 2.64. The van der Waals surface area contributed by atoms with Crippen LogP contribution in [-0.4, -0.2) is 25.3 Å². The van der Waals surface area contributed by atoms with Crippen molar-refractivity contribution >= 4 is 28.9 Å². The van der Waals surface area contributed by atoms with Crippen LogP contribution in [0.15, 0.2) is 23.6 Å². The van der Waals surface area contributed by atoms with Gasteiger partial charge in [0.25, 0.3) is 0 Å². The standard InChI is InChI=1S/C13H11ClO4S/c1-17-9-4-3-7(11(18-2)10(9)14)8-5-6-19-12(8)13(15)16/h3-6H,1-2H3,(H,15,16). The molecule has 0 atom stereocenters. The van der Waals surface area contributed by atoms with Crippen LogP contribution in [0.3, 0.4) is 0 Å². The van der Waals surface area contributed by atoms with E-state index < -0.39 is 5.97 Å². The smallest absolute Gasteiger partial charge is 0.346 e. The van der Waals surface area contributed by atoms with Crippen LogP contribution in [0.25, 0.3) is 11.1 Å². The molecule has 0 saturated heterocycles. The van der Waals surface area contributed by atoms with Crippen molar-refractivity contribution in [2.24, 2.45) is 0 Å². The molecule has 2 rings (SSSR count). The molecule has 0 aliphatic carbocycles. The zero-order valence-electron chi connectivity index (χ0n) is 10.3. The highest BCUT2D eigenvalue weighted by molar-refractivity contribution is 7.12. The van der Waals surface area contributed by atoms with Gasteiger partial charge in [0.15, 0.2) is 0 Å². The van der Waals surface area contributed by atoms with Crippen molar-refractivity contribution in [2.45, 2.75) is 0 Å². The molecule has 0 aliphatic heterocycles. The second kappa shape index (κ2) is 5.50. The maximum Gasteiger partial charge on any atom is 0.346 e. The third-order valence-corrected chi connectivity index (χ3v) is 3.90. The minimum absolute atomic E-state index is 0.250. The van der Waals surface area contributed by atoms with Crippen molar-refractivity contribution < 1.29 is 19.4 Å². The number of halogens is 1. The summed E-state index contributed by atoms with van der Waals surface area (Å²) in [4.78, 5) is 11.4. The summed E-state index contributed by atoms with van der Waals surface area (Å²) in [5.74, 6) is -0.0877. The number of rotatable bonds is 4. The minimum Gasteiger partial charge on any atom is -0.495 e. The summed E-state index contributed by atoms with van der Waals surface area (Å²) in [6.45, 7) is 0. The Balaban J connectivity index is 2.65. The van der Waals surface area contributed by atoms with Crippen LogP contribution in [0.5, 0.6) is 11.5 Å². The number of carbonyl (C=O) groups is 1. The number of aromatic carboxylic acids is 1. The summed E-state index contributed by atoms with van der Waals surface area (Å²) < 4.78 is 10.4. The predicted molar refractivity (Wildman–Crippen MR) is 74.8 cm³/mol. The number of hydrogen-bond acceptors (Lipinski definition) is 4. The van der Waals surface area contributed by atoms with E-state index in [0.29, 0.717) is 27.6 Å². The molecular weight excluding hydrogens is 288 g/mol. The highest BCUT2D eigenvalue weighted by atomic mass is 35.5. The molecule has 0 amide bonds. The van der Waals surface area contributed by atoms with E-state index in [4.69, 9.17) is 26.2 Å². The van der Waals surface area contributed by atoms with Crippen molar-refractivity contribution in [1.29, 1.82) is 0 Å². The van der Waals surface area contributed by atoms with Gasteiger partial charge in [-0.2, -0.15) is 0 Å². The van der Waals surface area contributed by atoms with Gasteiger partial charge in [0.2, 0.25) is 0 Å². The van der Waals surface area contributed by atoms with Gasteiger partial charge in [-0.3, -0.25) is 0 Å². The Morgan fingerprint density at radius 2 is 1.95 bits per heavy atom. The van der Waals surface area contributed by atoms with Gasteiger partial charge in [-0.1, -0.05) is 11.6 Å². The van der Waals surface area contributed by atoms with Gasteiger partial charge in [0.05, 0.1) is 14.2 Å². The maximum atomic E-state index is 11.2. The van der Waals surface area contributed by atoms with E-state index in [1.807, 2.05) is 0 Å². The minimum atomic E-state index is -0.973. The molecule has 0 saturated carbocycles. The Kier molecular flexibility index (Phi) is 3.97. The molecule has 6 heteroatoms. The molecule has 2 aromatic rings. The SMILES string of the molecule is COc1ccc(-c2ccsc2C(=O)O)c(OC)c1Cl. The molecule has 0 fully saturated rings. The van der Waals surface area contributed by atoms with E-state index in [0.717, 1.165) is 11.3 Å². The van der Waals surface area contributed by atoms with E-state index in [9.17, 15) is 4.79 Å². The Morgan fingerprint density at radius 3 is 2.53 bits per heavy atom. The molecule has 19 heavy (non-hydrogen) atoms. The van der Waals surface area contributed by atoms with Crippen molar-refractivity contribution in [3.05, 3.63) is 33.5 Å². The second-order valence-corrected chi connectivity index (χ2v) is 4.93. The van der Waals surface area contributed by atoms with E-state index >= 15 is 0 Å². The van der Waals surface area contributed by atoms with Gasteiger partial charge in [-0.15, -0.1) is 11.3 Å². The first-order valence-electron chi connectivity index (χ1n) is 5.31. The van der Waals surface area contributed by atoms with Crippen LogP contribution in [0.1, 0.15) is 9.67 Å². The van der Waals surface area contributed by atoms with Crippen LogP contribution in [0, 0.1) is 0 Å². The molecule has 1 N–H and O–H groups in total. The summed E-state index contributed by atoms with van der Waals surface area (Å²) >= 11 is 7.33. The molecule has 0 unspecified atom stereocenters. The third kappa shape index (κ3) is 2.39. The van der Waals surface area contributed by atoms with Gasteiger partial charge in [-0.25, -0.2) is 4.79 Å². The van der Waals surface area contributed by atoms with Crippen LogP contribution >= 0.6 is 22.9 Å². The number of benzene rings is 1. The molecule has 0 radical (unpaired) electrons. The van der Waals surface area contributed by atoms with Crippen LogP contribution in [-0.2, 0) is 0 Å². The van der Waals surface area contributed by atoms with Gasteiger partial charge >= 0.3 is 5.97 Å². The molecule has 100 valence electrons. The Labute approximate surface area is 119 Å². The number of hydrogen-bond donors (Lipinski definition) is 1. The second-order valence-electron chi connectivity index (χ2n) is 3.63. The van der Waals surface area contributed by atoms with Crippen molar-refractivity contribution in [3.63, 3.8) is 0 Å². The fourth-order valence-corrected chi connectivity index (χ4v) is 2.86. The number of methoxy groups -OCH3 is 2. The summed E-state index contributed by atoms with van der Waals surface area (Å²) in [5, 5.41) is 11.2. The Morgan fingerprint density at radius 1 is 1.21 bits per heavy atom. The van der Waals surface area contributed by atoms with Crippen molar-refractivity contribution in [2.75, 3.05) is 14.2 Å². The first-order chi connectivity index (χ1) is 9.10. The molecule has 0 spiro atoms. The lowest BCUT2D eigenvalue weighted by Gasteiger charge is -2.13. The highest BCUT2D eigenvalue weighted by Crippen LogP contribution is 2.43. The lowest BCUT2D eigenvalue weighted by Crippen LogP contribution is -1.97. The van der Waals surface area contributed by atoms with Crippen molar-refractivity contribution in [3.8, 4) is 22.6 Å². The molecule has 0 bridgehead atoms. The van der Waals surface area contributed by atoms with E-state index in [2.05, 4.69) is 0 Å². The Hall–Kier alpha value is -1.72. The number of thiophene rings is 1. The number of carboxylic acid groups (broad SMARTS) is 1.